The number of benzene rings is 4. The van der Waals surface area contributed by atoms with Crippen molar-refractivity contribution in [3.8, 4) is 0 Å². The van der Waals surface area contributed by atoms with Gasteiger partial charge in [0.15, 0.2) is 0 Å². The third-order valence-electron chi connectivity index (χ3n) is 7.44. The summed E-state index contributed by atoms with van der Waals surface area (Å²) in [6, 6.07) is 28.2. The van der Waals surface area contributed by atoms with Gasteiger partial charge >= 0.3 is 11.9 Å². The van der Waals surface area contributed by atoms with Crippen LogP contribution in [0.25, 0.3) is 21.5 Å². The number of carbonyl (C=O) groups is 2. The molecule has 0 saturated carbocycles. The lowest BCUT2D eigenvalue weighted by molar-refractivity contribution is 0.0450. The number of rotatable bonds is 16. The van der Waals surface area contributed by atoms with E-state index in [9.17, 15) is 9.59 Å². The summed E-state index contributed by atoms with van der Waals surface area (Å²) < 4.78 is 10.7. The highest BCUT2D eigenvalue weighted by molar-refractivity contribution is 6.03. The maximum Gasteiger partial charge on any atom is 0.339 e. The molecule has 0 heterocycles. The van der Waals surface area contributed by atoms with Crippen molar-refractivity contribution in [2.45, 2.75) is 98.3 Å². The molecule has 0 fully saturated rings. The molecule has 0 aliphatic carbocycles. The molecule has 4 nitrogen and oxygen atoms in total. The monoisotopic (exact) mass is 584 g/mol. The minimum absolute atomic E-state index is 0. The normalized spacial score (nSPS) is 10.5. The van der Waals surface area contributed by atoms with Crippen LogP contribution in [0.2, 0.25) is 0 Å². The first-order chi connectivity index (χ1) is 20.6. The van der Waals surface area contributed by atoms with Gasteiger partial charge in [0, 0.05) is 0 Å². The second-order valence-corrected chi connectivity index (χ2v) is 10.9. The summed E-state index contributed by atoms with van der Waals surface area (Å²) >= 11 is 0. The van der Waals surface area contributed by atoms with E-state index in [0.717, 1.165) is 25.7 Å². The average molecular weight is 585 g/mol. The van der Waals surface area contributed by atoms with Crippen LogP contribution in [-0.4, -0.2) is 25.2 Å². The molecule has 0 amide bonds. The quantitative estimate of drug-likeness (QED) is 0.0746. The standard InChI is InChI=1S/C24H38O4.C14H10.CH4/c1-3-5-7-9-11-15-19-27-23(25)21-17-13-14-18-22(21)24(26)28-20-16-12-10-8-6-4-2;1-2-6-12-10-14-8-4-3-7-13(14)9-11(12)5-1;/h13-14,17-18H,3-12,15-16,19-20H2,1-2H3;1-10H;1H4. The van der Waals surface area contributed by atoms with Gasteiger partial charge in [0.05, 0.1) is 24.3 Å². The SMILES string of the molecule is C.CCCCCCCCOC(=O)c1ccccc1C(=O)OCCCCCCCC.c1ccc2cc3ccccc3cc2c1. The van der Waals surface area contributed by atoms with Crippen LogP contribution in [0, 0.1) is 0 Å². The number of fused-ring (bicyclic) bond motifs is 2. The maximum atomic E-state index is 12.4. The van der Waals surface area contributed by atoms with Crippen LogP contribution < -0.4 is 0 Å². The van der Waals surface area contributed by atoms with Crippen molar-refractivity contribution in [2.75, 3.05) is 13.2 Å². The van der Waals surface area contributed by atoms with Gasteiger partial charge in [-0.15, -0.1) is 0 Å². The Morgan fingerprint density at radius 2 is 0.767 bits per heavy atom. The summed E-state index contributed by atoms with van der Waals surface area (Å²) in [5.74, 6) is -0.888. The van der Waals surface area contributed by atoms with E-state index in [4.69, 9.17) is 9.47 Å². The fraction of sp³-hybridized carbons (Fsp3) is 0.436. The Balaban J connectivity index is 0.000000355. The van der Waals surface area contributed by atoms with Crippen molar-refractivity contribution in [2.24, 2.45) is 0 Å². The second-order valence-electron chi connectivity index (χ2n) is 10.9. The molecule has 0 atom stereocenters. The summed E-state index contributed by atoms with van der Waals surface area (Å²) in [5, 5.41) is 5.25. The molecule has 4 aromatic carbocycles. The lowest BCUT2D eigenvalue weighted by Crippen LogP contribution is -2.15. The van der Waals surface area contributed by atoms with Crippen molar-refractivity contribution in [1.82, 2.24) is 0 Å². The molecular weight excluding hydrogens is 532 g/mol. The van der Waals surface area contributed by atoms with E-state index in [2.05, 4.69) is 74.5 Å². The third kappa shape index (κ3) is 12.6. The number of esters is 2. The fourth-order valence-corrected chi connectivity index (χ4v) is 4.97. The van der Waals surface area contributed by atoms with E-state index in [1.54, 1.807) is 24.3 Å². The van der Waals surface area contributed by atoms with Crippen LogP contribution >= 0.6 is 0 Å². The van der Waals surface area contributed by atoms with Crippen molar-refractivity contribution >= 4 is 33.5 Å². The molecular formula is C39H52O4. The second kappa shape index (κ2) is 21.1. The van der Waals surface area contributed by atoms with Gasteiger partial charge in [-0.3, -0.25) is 0 Å². The highest BCUT2D eigenvalue weighted by atomic mass is 16.5. The predicted octanol–water partition coefficient (Wildman–Crippen LogP) is 11.4. The first-order valence-electron chi connectivity index (χ1n) is 15.9. The summed E-state index contributed by atoms with van der Waals surface area (Å²) in [4.78, 5) is 24.7. The van der Waals surface area contributed by atoms with E-state index >= 15 is 0 Å². The number of unbranched alkanes of at least 4 members (excludes halogenated alkanes) is 10. The number of hydrogen-bond acceptors (Lipinski definition) is 4. The molecule has 4 rings (SSSR count). The zero-order valence-electron chi connectivity index (χ0n) is 25.6. The van der Waals surface area contributed by atoms with E-state index in [1.807, 2.05) is 0 Å². The minimum atomic E-state index is -0.444. The number of hydrogen-bond donors (Lipinski definition) is 0. The van der Waals surface area contributed by atoms with E-state index in [0.29, 0.717) is 24.3 Å². The minimum Gasteiger partial charge on any atom is -0.462 e. The third-order valence-corrected chi connectivity index (χ3v) is 7.44. The van der Waals surface area contributed by atoms with Gasteiger partial charge in [0.25, 0.3) is 0 Å². The Hall–Kier alpha value is -3.66. The highest BCUT2D eigenvalue weighted by Crippen LogP contribution is 2.22. The summed E-state index contributed by atoms with van der Waals surface area (Å²) in [6.45, 7) is 5.17. The Morgan fingerprint density at radius 1 is 0.465 bits per heavy atom. The van der Waals surface area contributed by atoms with Crippen molar-refractivity contribution in [1.29, 1.82) is 0 Å². The summed E-state index contributed by atoms with van der Waals surface area (Å²) in [6.07, 6.45) is 13.6. The Kier molecular flexibility index (Phi) is 17.4. The van der Waals surface area contributed by atoms with Gasteiger partial charge in [-0.2, -0.15) is 0 Å². The van der Waals surface area contributed by atoms with Crippen LogP contribution in [-0.2, 0) is 9.47 Å². The highest BCUT2D eigenvalue weighted by Gasteiger charge is 2.18. The predicted molar refractivity (Wildman–Crippen MR) is 182 cm³/mol. The van der Waals surface area contributed by atoms with Gasteiger partial charge in [-0.1, -0.05) is 146 Å². The maximum absolute atomic E-state index is 12.4. The number of carbonyl (C=O) groups excluding carboxylic acids is 2. The Morgan fingerprint density at radius 3 is 1.12 bits per heavy atom. The lowest BCUT2D eigenvalue weighted by Gasteiger charge is -2.10. The molecule has 0 aromatic heterocycles. The van der Waals surface area contributed by atoms with E-state index < -0.39 is 11.9 Å². The van der Waals surface area contributed by atoms with Gasteiger partial charge in [0.1, 0.15) is 0 Å². The van der Waals surface area contributed by atoms with E-state index in [-0.39, 0.29) is 7.43 Å². The Labute approximate surface area is 259 Å². The topological polar surface area (TPSA) is 52.6 Å². The van der Waals surface area contributed by atoms with Crippen LogP contribution in [0.4, 0.5) is 0 Å². The molecule has 0 radical (unpaired) electrons. The fourth-order valence-electron chi connectivity index (χ4n) is 4.97. The van der Waals surface area contributed by atoms with Crippen molar-refractivity contribution in [3.05, 3.63) is 96.1 Å². The van der Waals surface area contributed by atoms with Crippen LogP contribution in [0.3, 0.4) is 0 Å². The molecule has 4 heteroatoms. The zero-order chi connectivity index (χ0) is 29.8. The van der Waals surface area contributed by atoms with E-state index in [1.165, 1.54) is 72.9 Å². The smallest absolute Gasteiger partial charge is 0.339 e. The van der Waals surface area contributed by atoms with Crippen LogP contribution in [0.15, 0.2) is 84.9 Å². The largest absolute Gasteiger partial charge is 0.462 e. The molecule has 0 aliphatic heterocycles. The molecule has 0 spiro atoms. The number of ether oxygens (including phenoxy) is 2. The van der Waals surface area contributed by atoms with Gasteiger partial charge in [-0.25, -0.2) is 9.59 Å². The van der Waals surface area contributed by atoms with Gasteiger partial charge < -0.3 is 9.47 Å². The van der Waals surface area contributed by atoms with Gasteiger partial charge in [0.2, 0.25) is 0 Å². The Bertz CT molecular complexity index is 1210. The van der Waals surface area contributed by atoms with Crippen LogP contribution in [0.5, 0.6) is 0 Å². The molecule has 0 aliphatic rings. The molecule has 4 aromatic rings. The van der Waals surface area contributed by atoms with Crippen molar-refractivity contribution < 1.29 is 19.1 Å². The molecule has 0 saturated heterocycles. The summed E-state index contributed by atoms with van der Waals surface area (Å²) in [5.41, 5.74) is 0.586. The summed E-state index contributed by atoms with van der Waals surface area (Å²) in [7, 11) is 0. The molecule has 43 heavy (non-hydrogen) atoms. The average Bonchev–Trinajstić information content (AvgIpc) is 3.03. The lowest BCUT2D eigenvalue weighted by atomic mass is 10.0. The first-order valence-corrected chi connectivity index (χ1v) is 15.9. The molecule has 0 N–H and O–H groups in total. The van der Waals surface area contributed by atoms with Crippen LogP contribution in [0.1, 0.15) is 119 Å². The molecule has 0 unspecified atom stereocenters. The first kappa shape index (κ1) is 35.5. The van der Waals surface area contributed by atoms with Gasteiger partial charge in [-0.05, 0) is 58.7 Å². The molecule has 0 bridgehead atoms. The van der Waals surface area contributed by atoms with Crippen molar-refractivity contribution in [3.63, 3.8) is 0 Å². The zero-order valence-corrected chi connectivity index (χ0v) is 25.6. The molecule has 232 valence electrons.